The van der Waals surface area contributed by atoms with Crippen molar-refractivity contribution in [2.45, 2.75) is 238 Å². The van der Waals surface area contributed by atoms with E-state index < -0.39 is 13.9 Å². The van der Waals surface area contributed by atoms with Crippen LogP contribution in [0.3, 0.4) is 0 Å². The molecule has 0 aromatic rings. The second-order valence-corrected chi connectivity index (χ2v) is 18.5. The highest BCUT2D eigenvalue weighted by atomic mass is 31.2. The van der Waals surface area contributed by atoms with E-state index in [2.05, 4.69) is 74.6 Å². The molecule has 0 saturated carbocycles. The SMILES string of the molecule is CC/C=C\C/C=C\C/C=C\C/C=C\C/C=C\CCCCCCCCCCOCC(COP(=O)(O)OCCN)OC(=O)CCCCCCCCCCCCCCCCCCCCC. The first-order chi connectivity index (χ1) is 30.4. The second-order valence-electron chi connectivity index (χ2n) is 17.0. The molecular formula is C53H98NO7P. The summed E-state index contributed by atoms with van der Waals surface area (Å²) in [5.41, 5.74) is 5.39. The van der Waals surface area contributed by atoms with Gasteiger partial charge in [-0.1, -0.05) is 229 Å². The first-order valence-corrected chi connectivity index (χ1v) is 27.3. The van der Waals surface area contributed by atoms with Crippen molar-refractivity contribution >= 4 is 13.8 Å². The minimum Gasteiger partial charge on any atom is -0.457 e. The number of phosphoric acid groups is 1. The number of hydrogen-bond acceptors (Lipinski definition) is 7. The third-order valence-corrected chi connectivity index (χ3v) is 11.9. The van der Waals surface area contributed by atoms with Crippen LogP contribution in [-0.4, -0.2) is 49.9 Å². The Bertz CT molecular complexity index is 1140. The highest BCUT2D eigenvalue weighted by molar-refractivity contribution is 7.47. The van der Waals surface area contributed by atoms with Crippen LogP contribution in [0.1, 0.15) is 232 Å². The maximum absolute atomic E-state index is 12.7. The Morgan fingerprint density at radius 1 is 0.500 bits per heavy atom. The molecule has 2 unspecified atom stereocenters. The lowest BCUT2D eigenvalue weighted by Gasteiger charge is -2.20. The summed E-state index contributed by atoms with van der Waals surface area (Å²) >= 11 is 0. The number of allylic oxidation sites excluding steroid dienone is 10. The van der Waals surface area contributed by atoms with Gasteiger partial charge in [-0.05, 0) is 57.8 Å². The zero-order valence-electron chi connectivity index (χ0n) is 40.3. The number of unbranched alkanes of at least 4 members (excludes halogenated alkanes) is 26. The third kappa shape index (κ3) is 49.2. The van der Waals surface area contributed by atoms with Gasteiger partial charge in [-0.25, -0.2) is 4.57 Å². The Morgan fingerprint density at radius 2 is 0.903 bits per heavy atom. The molecule has 8 nitrogen and oxygen atoms in total. The molecule has 0 saturated heterocycles. The summed E-state index contributed by atoms with van der Waals surface area (Å²) in [4.78, 5) is 22.6. The maximum Gasteiger partial charge on any atom is 0.472 e. The van der Waals surface area contributed by atoms with Crippen LogP contribution in [0.2, 0.25) is 0 Å². The van der Waals surface area contributed by atoms with Crippen molar-refractivity contribution in [3.05, 3.63) is 60.8 Å². The smallest absolute Gasteiger partial charge is 0.457 e. The highest BCUT2D eigenvalue weighted by Gasteiger charge is 2.25. The van der Waals surface area contributed by atoms with Gasteiger partial charge in [0.05, 0.1) is 19.8 Å². The van der Waals surface area contributed by atoms with E-state index in [0.717, 1.165) is 70.6 Å². The van der Waals surface area contributed by atoms with E-state index >= 15 is 0 Å². The molecule has 0 aliphatic heterocycles. The standard InChI is InChI=1S/C53H98NO7P/c1-3-5-7-9-11-13-15-17-19-21-23-24-25-26-27-29-31-33-35-37-39-41-43-45-48-58-50-52(51-60-62(56,57)59-49-47-54)61-53(55)46-44-42-40-38-36-34-32-30-28-22-20-18-16-14-12-10-8-6-4-2/h5,7,11,13,17,19,23-24,26-27,52H,3-4,6,8-10,12,14-16,18,20-22,25,28-51,54H2,1-2H3,(H,56,57)/b7-5-,13-11-,19-17-,24-23-,27-26-. The van der Waals surface area contributed by atoms with Crippen LogP contribution in [0.5, 0.6) is 0 Å². The molecule has 0 radical (unpaired) electrons. The van der Waals surface area contributed by atoms with E-state index in [1.807, 2.05) is 0 Å². The molecule has 9 heteroatoms. The summed E-state index contributed by atoms with van der Waals surface area (Å²) in [5, 5.41) is 0. The monoisotopic (exact) mass is 892 g/mol. The molecule has 0 bridgehead atoms. The van der Waals surface area contributed by atoms with Gasteiger partial charge in [0.15, 0.2) is 0 Å². The van der Waals surface area contributed by atoms with Gasteiger partial charge in [-0.2, -0.15) is 0 Å². The number of hydrogen-bond donors (Lipinski definition) is 2. The van der Waals surface area contributed by atoms with E-state index in [-0.39, 0.29) is 32.3 Å². The third-order valence-electron chi connectivity index (χ3n) is 10.9. The highest BCUT2D eigenvalue weighted by Crippen LogP contribution is 2.43. The molecule has 0 aliphatic carbocycles. The van der Waals surface area contributed by atoms with Gasteiger partial charge in [0.2, 0.25) is 0 Å². The van der Waals surface area contributed by atoms with Crippen LogP contribution >= 0.6 is 7.82 Å². The Morgan fingerprint density at radius 3 is 1.35 bits per heavy atom. The van der Waals surface area contributed by atoms with Crippen LogP contribution in [0.25, 0.3) is 0 Å². The summed E-state index contributed by atoms with van der Waals surface area (Å²) in [5.74, 6) is -0.331. The summed E-state index contributed by atoms with van der Waals surface area (Å²) in [7, 11) is -4.29. The summed E-state index contributed by atoms with van der Waals surface area (Å²) in [6, 6.07) is 0. The van der Waals surface area contributed by atoms with Gasteiger partial charge >= 0.3 is 13.8 Å². The van der Waals surface area contributed by atoms with Crippen molar-refractivity contribution in [3.63, 3.8) is 0 Å². The first kappa shape index (κ1) is 60.2. The van der Waals surface area contributed by atoms with E-state index in [4.69, 9.17) is 24.3 Å². The van der Waals surface area contributed by atoms with Crippen molar-refractivity contribution < 1.29 is 32.8 Å². The predicted molar refractivity (Wildman–Crippen MR) is 266 cm³/mol. The normalized spacial score (nSPS) is 13.8. The minimum absolute atomic E-state index is 0.0979. The molecule has 0 amide bonds. The number of ether oxygens (including phenoxy) is 2. The van der Waals surface area contributed by atoms with Crippen molar-refractivity contribution in [2.75, 3.05) is 33.0 Å². The topological polar surface area (TPSA) is 117 Å². The van der Waals surface area contributed by atoms with Gasteiger partial charge in [-0.15, -0.1) is 0 Å². The molecule has 0 aromatic heterocycles. The second kappa shape index (κ2) is 50.2. The number of nitrogens with two attached hydrogens (primary N) is 1. The largest absolute Gasteiger partial charge is 0.472 e. The first-order valence-electron chi connectivity index (χ1n) is 25.8. The molecule has 0 spiro atoms. The number of carbonyl (C=O) groups is 1. The molecule has 0 rings (SSSR count). The molecule has 3 N–H and O–H groups in total. The lowest BCUT2D eigenvalue weighted by atomic mass is 10.0. The number of rotatable bonds is 49. The van der Waals surface area contributed by atoms with E-state index in [1.165, 1.54) is 141 Å². The molecule has 62 heavy (non-hydrogen) atoms. The fourth-order valence-corrected chi connectivity index (χ4v) is 7.97. The lowest BCUT2D eigenvalue weighted by molar-refractivity contribution is -0.154. The Labute approximate surface area is 383 Å². The average molecular weight is 892 g/mol. The van der Waals surface area contributed by atoms with E-state index in [0.29, 0.717) is 13.0 Å². The average Bonchev–Trinajstić information content (AvgIpc) is 3.26. The predicted octanol–water partition coefficient (Wildman–Crippen LogP) is 16.1. The fraction of sp³-hybridized carbons (Fsp3) is 0.792. The Hall–Kier alpha value is -1.80. The van der Waals surface area contributed by atoms with Crippen LogP contribution < -0.4 is 5.73 Å². The van der Waals surface area contributed by atoms with Gasteiger partial charge in [0.25, 0.3) is 0 Å². The molecule has 0 heterocycles. The minimum atomic E-state index is -4.29. The van der Waals surface area contributed by atoms with Crippen molar-refractivity contribution in [2.24, 2.45) is 5.73 Å². The fourth-order valence-electron chi connectivity index (χ4n) is 7.20. The number of phosphoric ester groups is 1. The summed E-state index contributed by atoms with van der Waals surface area (Å²) in [6.45, 7) is 4.82. The lowest BCUT2D eigenvalue weighted by Crippen LogP contribution is -2.28. The van der Waals surface area contributed by atoms with Gasteiger partial charge in [-0.3, -0.25) is 13.8 Å². The van der Waals surface area contributed by atoms with Crippen LogP contribution in [-0.2, 0) is 27.9 Å². The van der Waals surface area contributed by atoms with E-state index in [9.17, 15) is 14.3 Å². The van der Waals surface area contributed by atoms with Crippen LogP contribution in [0, 0.1) is 0 Å². The molecule has 2 atom stereocenters. The summed E-state index contributed by atoms with van der Waals surface area (Å²) in [6.07, 6.45) is 62.5. The molecule has 0 aliphatic rings. The van der Waals surface area contributed by atoms with E-state index in [1.54, 1.807) is 0 Å². The number of carbonyl (C=O) groups excluding carboxylic acids is 1. The Kier molecular flexibility index (Phi) is 48.7. The molecule has 0 aromatic carbocycles. The van der Waals surface area contributed by atoms with Gasteiger partial charge < -0.3 is 20.1 Å². The van der Waals surface area contributed by atoms with Crippen molar-refractivity contribution in [1.29, 1.82) is 0 Å². The van der Waals surface area contributed by atoms with Crippen LogP contribution in [0.4, 0.5) is 0 Å². The van der Waals surface area contributed by atoms with Crippen molar-refractivity contribution in [1.82, 2.24) is 0 Å². The van der Waals surface area contributed by atoms with Gasteiger partial charge in [0, 0.05) is 19.6 Å². The molecular weight excluding hydrogens is 794 g/mol. The zero-order chi connectivity index (χ0) is 45.1. The van der Waals surface area contributed by atoms with Gasteiger partial charge in [0.1, 0.15) is 6.10 Å². The summed E-state index contributed by atoms with van der Waals surface area (Å²) < 4.78 is 33.6. The molecule has 362 valence electrons. The Balaban J connectivity index is 3.95. The quantitative estimate of drug-likeness (QED) is 0.0268. The number of esters is 1. The maximum atomic E-state index is 12.7. The van der Waals surface area contributed by atoms with Crippen molar-refractivity contribution in [3.8, 4) is 0 Å². The zero-order valence-corrected chi connectivity index (χ0v) is 41.2. The van der Waals surface area contributed by atoms with Crippen LogP contribution in [0.15, 0.2) is 60.8 Å². The molecule has 0 fully saturated rings.